The molecule has 0 aliphatic heterocycles. The molecule has 168 valence electrons. The lowest BCUT2D eigenvalue weighted by atomic mass is 9.89. The molecule has 1 fully saturated rings. The molecule has 0 aromatic carbocycles. The van der Waals surface area contributed by atoms with Crippen LogP contribution in [0.4, 0.5) is 4.39 Å². The zero-order valence-electron chi connectivity index (χ0n) is 17.4. The van der Waals surface area contributed by atoms with Gasteiger partial charge in [0, 0.05) is 30.4 Å². The molecule has 0 radical (unpaired) electrons. The number of hydrogen-bond donors (Lipinski definition) is 3. The molecule has 1 aliphatic carbocycles. The van der Waals surface area contributed by atoms with Crippen LogP contribution in [0.1, 0.15) is 38.3 Å². The first-order valence-electron chi connectivity index (χ1n) is 10.3. The number of aliphatic carboxylic acids is 1. The van der Waals surface area contributed by atoms with E-state index in [1.54, 1.807) is 12.1 Å². The number of rotatable bonds is 9. The third kappa shape index (κ3) is 6.11. The summed E-state index contributed by atoms with van der Waals surface area (Å²) in [7, 11) is 0. The Balaban J connectivity index is 1.65. The summed E-state index contributed by atoms with van der Waals surface area (Å²) in [6, 6.07) is 4.49. The Labute approximate surface area is 180 Å². The molecule has 2 heterocycles. The standard InChI is InChI=1S/C22H28FN3O5/c1-14-2-5-17(6-3-14)31-18-8-9-25-16(10-18)11-22(29,21(27)28)19(24)13-30-20-7-4-15(23)12-26-20/h4,7-10,12,14,17,19,29H,2-3,5-6,11,13,24H2,1H3,(H,27,28). The zero-order chi connectivity index (χ0) is 22.4. The van der Waals surface area contributed by atoms with Gasteiger partial charge in [-0.05, 0) is 43.7 Å². The monoisotopic (exact) mass is 433 g/mol. The summed E-state index contributed by atoms with van der Waals surface area (Å²) in [6.07, 6.45) is 6.43. The fourth-order valence-electron chi connectivity index (χ4n) is 3.57. The highest BCUT2D eigenvalue weighted by molar-refractivity contribution is 5.78. The van der Waals surface area contributed by atoms with E-state index in [9.17, 15) is 19.4 Å². The van der Waals surface area contributed by atoms with E-state index < -0.39 is 23.4 Å². The molecule has 9 heteroatoms. The van der Waals surface area contributed by atoms with E-state index in [2.05, 4.69) is 16.9 Å². The largest absolute Gasteiger partial charge is 0.490 e. The Bertz CT molecular complexity index is 874. The topological polar surface area (TPSA) is 128 Å². The van der Waals surface area contributed by atoms with Crippen molar-refractivity contribution < 1.29 is 28.9 Å². The normalized spacial score (nSPS) is 21.7. The average Bonchev–Trinajstić information content (AvgIpc) is 2.75. The van der Waals surface area contributed by atoms with Crippen LogP contribution >= 0.6 is 0 Å². The van der Waals surface area contributed by atoms with Crippen LogP contribution in [0, 0.1) is 11.7 Å². The maximum atomic E-state index is 12.9. The predicted octanol–water partition coefficient (Wildman–Crippen LogP) is 2.34. The van der Waals surface area contributed by atoms with Gasteiger partial charge in [-0.15, -0.1) is 0 Å². The molecule has 0 saturated heterocycles. The van der Waals surface area contributed by atoms with E-state index in [1.807, 2.05) is 0 Å². The maximum Gasteiger partial charge on any atom is 0.337 e. The van der Waals surface area contributed by atoms with Gasteiger partial charge >= 0.3 is 5.97 Å². The molecule has 0 amide bonds. The molecule has 8 nitrogen and oxygen atoms in total. The van der Waals surface area contributed by atoms with Crippen molar-refractivity contribution in [1.29, 1.82) is 0 Å². The summed E-state index contributed by atoms with van der Waals surface area (Å²) in [6.45, 7) is 1.89. The van der Waals surface area contributed by atoms with Crippen LogP contribution in [0.25, 0.3) is 0 Å². The molecule has 2 atom stereocenters. The van der Waals surface area contributed by atoms with Crippen LogP contribution in [0.2, 0.25) is 0 Å². The number of hydrogen-bond acceptors (Lipinski definition) is 7. The molecular formula is C22H28FN3O5. The van der Waals surface area contributed by atoms with E-state index in [1.165, 1.54) is 12.3 Å². The first-order valence-corrected chi connectivity index (χ1v) is 10.3. The van der Waals surface area contributed by atoms with Crippen molar-refractivity contribution in [3.8, 4) is 11.6 Å². The first kappa shape index (κ1) is 22.9. The minimum Gasteiger partial charge on any atom is -0.490 e. The van der Waals surface area contributed by atoms with Gasteiger partial charge in [-0.1, -0.05) is 6.92 Å². The van der Waals surface area contributed by atoms with E-state index >= 15 is 0 Å². The second kappa shape index (κ2) is 10.0. The number of nitrogens with two attached hydrogens (primary N) is 1. The third-order valence-electron chi connectivity index (χ3n) is 5.60. The number of carboxylic acid groups (broad SMARTS) is 1. The lowest BCUT2D eigenvalue weighted by Crippen LogP contribution is -2.58. The van der Waals surface area contributed by atoms with Gasteiger partial charge in [-0.25, -0.2) is 14.2 Å². The SMILES string of the molecule is CC1CCC(Oc2ccnc(CC(O)(C(=O)O)C(N)COc3ccc(F)cn3)c2)CC1. The Hall–Kier alpha value is -2.78. The number of pyridine rings is 2. The van der Waals surface area contributed by atoms with Gasteiger partial charge in [0.2, 0.25) is 5.88 Å². The van der Waals surface area contributed by atoms with Crippen molar-refractivity contribution >= 4 is 5.97 Å². The smallest absolute Gasteiger partial charge is 0.337 e. The Morgan fingerprint density at radius 1 is 1.29 bits per heavy atom. The number of ether oxygens (including phenoxy) is 2. The summed E-state index contributed by atoms with van der Waals surface area (Å²) in [5, 5.41) is 20.5. The van der Waals surface area contributed by atoms with Crippen molar-refractivity contribution in [1.82, 2.24) is 9.97 Å². The molecule has 0 spiro atoms. The van der Waals surface area contributed by atoms with Crippen LogP contribution in [-0.4, -0.2) is 50.5 Å². The van der Waals surface area contributed by atoms with E-state index in [4.69, 9.17) is 15.2 Å². The van der Waals surface area contributed by atoms with Crippen LogP contribution in [0.15, 0.2) is 36.7 Å². The van der Waals surface area contributed by atoms with Crippen LogP contribution in [-0.2, 0) is 11.2 Å². The summed E-state index contributed by atoms with van der Waals surface area (Å²) >= 11 is 0. The lowest BCUT2D eigenvalue weighted by Gasteiger charge is -2.30. The van der Waals surface area contributed by atoms with Gasteiger partial charge in [0.05, 0.1) is 18.3 Å². The van der Waals surface area contributed by atoms with Gasteiger partial charge in [0.15, 0.2) is 5.60 Å². The van der Waals surface area contributed by atoms with E-state index in [0.717, 1.165) is 37.9 Å². The van der Waals surface area contributed by atoms with Gasteiger partial charge in [-0.3, -0.25) is 4.98 Å². The minimum atomic E-state index is -2.33. The fraction of sp³-hybridized carbons (Fsp3) is 0.500. The van der Waals surface area contributed by atoms with Gasteiger partial charge in [0.25, 0.3) is 0 Å². The van der Waals surface area contributed by atoms with E-state index in [-0.39, 0.29) is 25.0 Å². The molecule has 2 aromatic heterocycles. The Kier molecular flexibility index (Phi) is 7.40. The zero-order valence-corrected chi connectivity index (χ0v) is 17.4. The molecule has 1 saturated carbocycles. The maximum absolute atomic E-state index is 12.9. The Morgan fingerprint density at radius 2 is 2.03 bits per heavy atom. The molecule has 3 rings (SSSR count). The highest BCUT2D eigenvalue weighted by Gasteiger charge is 2.43. The summed E-state index contributed by atoms with van der Waals surface area (Å²) in [5.41, 5.74) is 3.97. The number of aliphatic hydroxyl groups is 1. The highest BCUT2D eigenvalue weighted by atomic mass is 19.1. The first-order chi connectivity index (χ1) is 14.8. The molecule has 31 heavy (non-hydrogen) atoms. The molecule has 2 unspecified atom stereocenters. The number of carbonyl (C=O) groups is 1. The lowest BCUT2D eigenvalue weighted by molar-refractivity contribution is -0.161. The highest BCUT2D eigenvalue weighted by Crippen LogP contribution is 2.28. The van der Waals surface area contributed by atoms with Crippen molar-refractivity contribution in [2.24, 2.45) is 11.7 Å². The predicted molar refractivity (Wildman–Crippen MR) is 110 cm³/mol. The molecule has 0 bridgehead atoms. The average molecular weight is 433 g/mol. The van der Waals surface area contributed by atoms with Crippen molar-refractivity contribution in [2.45, 2.75) is 56.8 Å². The van der Waals surface area contributed by atoms with Gasteiger partial charge in [0.1, 0.15) is 18.2 Å². The molecule has 2 aromatic rings. The van der Waals surface area contributed by atoms with Crippen LogP contribution in [0.3, 0.4) is 0 Å². The van der Waals surface area contributed by atoms with E-state index in [0.29, 0.717) is 17.4 Å². The summed E-state index contributed by atoms with van der Waals surface area (Å²) < 4.78 is 24.3. The number of aromatic nitrogens is 2. The fourth-order valence-corrected chi connectivity index (χ4v) is 3.57. The Morgan fingerprint density at radius 3 is 2.68 bits per heavy atom. The molecule has 1 aliphatic rings. The van der Waals surface area contributed by atoms with Crippen LogP contribution in [0.5, 0.6) is 11.6 Å². The van der Waals surface area contributed by atoms with Gasteiger partial charge < -0.3 is 25.4 Å². The molecular weight excluding hydrogens is 405 g/mol. The summed E-state index contributed by atoms with van der Waals surface area (Å²) in [4.78, 5) is 19.7. The van der Waals surface area contributed by atoms with Crippen molar-refractivity contribution in [3.63, 3.8) is 0 Å². The third-order valence-corrected chi connectivity index (χ3v) is 5.60. The second-order valence-corrected chi connectivity index (χ2v) is 8.12. The number of halogens is 1. The van der Waals surface area contributed by atoms with Crippen molar-refractivity contribution in [3.05, 3.63) is 48.2 Å². The number of nitrogens with zero attached hydrogens (tertiary/aromatic N) is 2. The molecule has 4 N–H and O–H groups in total. The van der Waals surface area contributed by atoms with Crippen LogP contribution < -0.4 is 15.2 Å². The quantitative estimate of drug-likeness (QED) is 0.550. The second-order valence-electron chi connectivity index (χ2n) is 8.12. The summed E-state index contributed by atoms with van der Waals surface area (Å²) in [5.74, 6) is -0.676. The van der Waals surface area contributed by atoms with Crippen molar-refractivity contribution in [2.75, 3.05) is 6.61 Å². The minimum absolute atomic E-state index is 0.0694. The van der Waals surface area contributed by atoms with Gasteiger partial charge in [-0.2, -0.15) is 0 Å². The number of carboxylic acids is 1.